The summed E-state index contributed by atoms with van der Waals surface area (Å²) in [6.45, 7) is 2.22. The molecule has 0 bridgehead atoms. The summed E-state index contributed by atoms with van der Waals surface area (Å²) in [5, 5.41) is 9.39. The fraction of sp³-hybridized carbons (Fsp3) is 1.00. The van der Waals surface area contributed by atoms with Crippen LogP contribution < -0.4 is 0 Å². The predicted molar refractivity (Wildman–Crippen MR) is 73.5 cm³/mol. The Morgan fingerprint density at radius 1 is 0.947 bits per heavy atom. The topological polar surface area (TPSA) is 20.2 Å². The molecule has 4 atom stereocenters. The molecule has 2 rings (SSSR count). The zero-order chi connectivity index (χ0) is 13.8. The number of hydrogen-bond donors (Lipinski definition) is 1. The average molecular weight is 274 g/mol. The third-order valence-electron chi connectivity index (χ3n) is 5.34. The average Bonchev–Trinajstić information content (AvgIpc) is 2.44. The summed E-state index contributed by atoms with van der Waals surface area (Å²) in [6.07, 6.45) is 5.25. The van der Waals surface area contributed by atoms with Crippen molar-refractivity contribution < 1.29 is 13.9 Å². The number of aliphatic hydroxyl groups excluding tert-OH is 1. The van der Waals surface area contributed by atoms with Gasteiger partial charge < -0.3 is 5.11 Å². The van der Waals surface area contributed by atoms with Crippen molar-refractivity contribution in [1.82, 2.24) is 0 Å². The molecule has 2 aliphatic rings. The first kappa shape index (κ1) is 15.2. The second-order valence-corrected chi connectivity index (χ2v) is 6.62. The molecule has 2 aliphatic carbocycles. The molecule has 0 heterocycles. The number of unbranched alkanes of at least 4 members (excludes halogenated alkanes) is 1. The van der Waals surface area contributed by atoms with Crippen LogP contribution in [0.15, 0.2) is 0 Å². The molecule has 1 N–H and O–H groups in total. The fourth-order valence-corrected chi connectivity index (χ4v) is 4.02. The molecule has 0 aliphatic heterocycles. The Hall–Kier alpha value is -0.180. The third-order valence-corrected chi connectivity index (χ3v) is 5.34. The molecular weight excluding hydrogens is 246 g/mol. The Kier molecular flexibility index (Phi) is 5.61. The van der Waals surface area contributed by atoms with Crippen molar-refractivity contribution in [3.8, 4) is 0 Å². The minimum Gasteiger partial charge on any atom is -0.390 e. The van der Waals surface area contributed by atoms with E-state index in [-0.39, 0.29) is 5.92 Å². The van der Waals surface area contributed by atoms with Gasteiger partial charge in [0.1, 0.15) is 6.17 Å². The van der Waals surface area contributed by atoms with Crippen molar-refractivity contribution in [3.63, 3.8) is 0 Å². The van der Waals surface area contributed by atoms with Crippen LogP contribution in [0.1, 0.15) is 64.7 Å². The van der Waals surface area contributed by atoms with Crippen LogP contribution in [-0.4, -0.2) is 23.6 Å². The fourth-order valence-electron chi connectivity index (χ4n) is 4.02. The number of rotatable bonds is 4. The van der Waals surface area contributed by atoms with Gasteiger partial charge >= 0.3 is 0 Å². The van der Waals surface area contributed by atoms with E-state index in [0.717, 1.165) is 18.8 Å². The van der Waals surface area contributed by atoms with Gasteiger partial charge in [0.2, 0.25) is 0 Å². The highest BCUT2D eigenvalue weighted by Crippen LogP contribution is 2.42. The molecule has 0 aromatic carbocycles. The van der Waals surface area contributed by atoms with Gasteiger partial charge in [-0.3, -0.25) is 0 Å². The van der Waals surface area contributed by atoms with E-state index in [1.807, 2.05) is 0 Å². The van der Waals surface area contributed by atoms with Gasteiger partial charge in [0.15, 0.2) is 6.17 Å². The number of hydrogen-bond acceptors (Lipinski definition) is 1. The van der Waals surface area contributed by atoms with E-state index in [4.69, 9.17) is 0 Å². The normalized spacial score (nSPS) is 44.2. The van der Waals surface area contributed by atoms with E-state index >= 15 is 0 Å². The Labute approximate surface area is 115 Å². The van der Waals surface area contributed by atoms with E-state index < -0.39 is 18.4 Å². The lowest BCUT2D eigenvalue weighted by atomic mass is 9.69. The molecule has 3 unspecified atom stereocenters. The molecule has 2 saturated carbocycles. The first-order valence-electron chi connectivity index (χ1n) is 8.09. The van der Waals surface area contributed by atoms with Crippen molar-refractivity contribution in [2.75, 3.05) is 0 Å². The van der Waals surface area contributed by atoms with Gasteiger partial charge in [-0.2, -0.15) is 0 Å². The van der Waals surface area contributed by atoms with Crippen LogP contribution in [0.2, 0.25) is 0 Å². The summed E-state index contributed by atoms with van der Waals surface area (Å²) in [5.41, 5.74) is 0. The van der Waals surface area contributed by atoms with Gasteiger partial charge in [0.25, 0.3) is 0 Å². The molecule has 19 heavy (non-hydrogen) atoms. The van der Waals surface area contributed by atoms with Crippen LogP contribution in [0.4, 0.5) is 8.78 Å². The third kappa shape index (κ3) is 3.68. The smallest absolute Gasteiger partial charge is 0.157 e. The summed E-state index contributed by atoms with van der Waals surface area (Å²) >= 11 is 0. The first-order chi connectivity index (χ1) is 9.13. The lowest BCUT2D eigenvalue weighted by Crippen LogP contribution is -2.44. The molecule has 0 spiro atoms. The SMILES string of the molecule is CCCCC1CCC(C2CCC(O)C(F)[C@@H]2F)CC1. The van der Waals surface area contributed by atoms with Crippen molar-refractivity contribution in [2.24, 2.45) is 17.8 Å². The lowest BCUT2D eigenvalue weighted by Gasteiger charge is -2.40. The highest BCUT2D eigenvalue weighted by molar-refractivity contribution is 4.92. The molecule has 112 valence electrons. The van der Waals surface area contributed by atoms with Crippen LogP contribution >= 0.6 is 0 Å². The van der Waals surface area contributed by atoms with Crippen molar-refractivity contribution in [2.45, 2.75) is 83.2 Å². The molecule has 2 fully saturated rings. The van der Waals surface area contributed by atoms with Crippen molar-refractivity contribution in [1.29, 1.82) is 0 Å². The second kappa shape index (κ2) is 7.01. The predicted octanol–water partition coefficient (Wildman–Crippen LogP) is 4.43. The summed E-state index contributed by atoms with van der Waals surface area (Å²) in [4.78, 5) is 0. The van der Waals surface area contributed by atoms with Crippen LogP contribution in [0.5, 0.6) is 0 Å². The minimum atomic E-state index is -1.66. The van der Waals surface area contributed by atoms with Crippen molar-refractivity contribution in [3.05, 3.63) is 0 Å². The first-order valence-corrected chi connectivity index (χ1v) is 8.09. The van der Waals surface area contributed by atoms with Gasteiger partial charge in [-0.1, -0.05) is 39.0 Å². The molecule has 0 saturated heterocycles. The molecular formula is C16H28F2O. The summed E-state index contributed by atoms with van der Waals surface area (Å²) < 4.78 is 27.6. The second-order valence-electron chi connectivity index (χ2n) is 6.62. The Morgan fingerprint density at radius 3 is 2.26 bits per heavy atom. The van der Waals surface area contributed by atoms with E-state index in [0.29, 0.717) is 18.8 Å². The van der Waals surface area contributed by atoms with Gasteiger partial charge in [-0.15, -0.1) is 0 Å². The van der Waals surface area contributed by atoms with Crippen LogP contribution in [0, 0.1) is 17.8 Å². The molecule has 1 nitrogen and oxygen atoms in total. The van der Waals surface area contributed by atoms with E-state index in [9.17, 15) is 13.9 Å². The number of aliphatic hydroxyl groups is 1. The van der Waals surface area contributed by atoms with Gasteiger partial charge in [0.05, 0.1) is 6.10 Å². The highest BCUT2D eigenvalue weighted by Gasteiger charge is 2.43. The van der Waals surface area contributed by atoms with E-state index in [1.165, 1.54) is 32.1 Å². The quantitative estimate of drug-likeness (QED) is 0.804. The van der Waals surface area contributed by atoms with Crippen LogP contribution in [0.25, 0.3) is 0 Å². The monoisotopic (exact) mass is 274 g/mol. The summed E-state index contributed by atoms with van der Waals surface area (Å²) in [6, 6.07) is 0. The largest absolute Gasteiger partial charge is 0.390 e. The van der Waals surface area contributed by atoms with Gasteiger partial charge in [0, 0.05) is 0 Å². The Balaban J connectivity index is 1.81. The van der Waals surface area contributed by atoms with Crippen LogP contribution in [0.3, 0.4) is 0 Å². The molecule has 0 amide bonds. The minimum absolute atomic E-state index is 0.148. The maximum Gasteiger partial charge on any atom is 0.157 e. The summed E-state index contributed by atoms with van der Waals surface area (Å²) in [5.74, 6) is 1.01. The van der Waals surface area contributed by atoms with Gasteiger partial charge in [-0.05, 0) is 43.4 Å². The van der Waals surface area contributed by atoms with Crippen LogP contribution in [-0.2, 0) is 0 Å². The molecule has 0 aromatic rings. The maximum absolute atomic E-state index is 14.0. The van der Waals surface area contributed by atoms with E-state index in [1.54, 1.807) is 0 Å². The molecule has 0 aromatic heterocycles. The lowest BCUT2D eigenvalue weighted by molar-refractivity contribution is -0.0548. The van der Waals surface area contributed by atoms with Gasteiger partial charge in [-0.25, -0.2) is 8.78 Å². The van der Waals surface area contributed by atoms with E-state index in [2.05, 4.69) is 6.92 Å². The zero-order valence-electron chi connectivity index (χ0n) is 12.0. The molecule has 0 radical (unpaired) electrons. The summed E-state index contributed by atoms with van der Waals surface area (Å²) in [7, 11) is 0. The zero-order valence-corrected chi connectivity index (χ0v) is 12.0. The molecule has 3 heteroatoms. The number of alkyl halides is 2. The maximum atomic E-state index is 14.0. The Morgan fingerprint density at radius 2 is 1.63 bits per heavy atom. The highest BCUT2D eigenvalue weighted by atomic mass is 19.2. The number of halogens is 2. The Bertz CT molecular complexity index is 263. The van der Waals surface area contributed by atoms with Crippen molar-refractivity contribution >= 4 is 0 Å². The standard InChI is InChI=1S/C16H28F2O/c1-2-3-4-11-5-7-12(8-6-11)13-9-10-14(19)16(18)15(13)17/h11-16,19H,2-10H2,1H3/t11?,12?,13?,14?,15-,16?/m1/s1.